The largest absolute Gasteiger partial charge is 0.272 e. The minimum absolute atomic E-state index is 0.296. The molecule has 19 heavy (non-hydrogen) atoms. The van der Waals surface area contributed by atoms with Crippen molar-refractivity contribution in [1.29, 1.82) is 5.26 Å². The highest BCUT2D eigenvalue weighted by molar-refractivity contribution is 6.07. The minimum atomic E-state index is -0.545. The number of nitrogens with one attached hydrogen (secondary N) is 2. The van der Waals surface area contributed by atoms with Crippen LogP contribution in [-0.2, 0) is 4.79 Å². The number of carbonyl (C=O) groups excluding carboxylic acids is 2. The quantitative estimate of drug-likeness (QED) is 0.796. The predicted molar refractivity (Wildman–Crippen MR) is 69.8 cm³/mol. The summed E-state index contributed by atoms with van der Waals surface area (Å²) >= 11 is 0. The molecule has 0 radical (unpaired) electrons. The van der Waals surface area contributed by atoms with Crippen molar-refractivity contribution in [3.05, 3.63) is 48.0 Å². The van der Waals surface area contributed by atoms with Crippen molar-refractivity contribution in [2.75, 3.05) is 0 Å². The lowest BCUT2D eigenvalue weighted by atomic mass is 10.0. The summed E-state index contributed by atoms with van der Waals surface area (Å²) in [5.74, 6) is -0.959. The Hall–Kier alpha value is -2.87. The van der Waals surface area contributed by atoms with Gasteiger partial charge in [0.05, 0.1) is 6.07 Å². The maximum absolute atomic E-state index is 12.0. The molecule has 0 atom stereocenters. The Labute approximate surface area is 109 Å². The van der Waals surface area contributed by atoms with Crippen LogP contribution in [0.1, 0.15) is 16.8 Å². The van der Waals surface area contributed by atoms with Gasteiger partial charge >= 0.3 is 0 Å². The van der Waals surface area contributed by atoms with Crippen molar-refractivity contribution in [2.24, 2.45) is 0 Å². The second-order valence-electron chi connectivity index (χ2n) is 3.86. The molecule has 0 unspecified atom stereocenters. The summed E-state index contributed by atoms with van der Waals surface area (Å²) in [5.41, 5.74) is 4.94. The van der Waals surface area contributed by atoms with Crippen LogP contribution in [0.5, 0.6) is 0 Å². The summed E-state index contributed by atoms with van der Waals surface area (Å²) in [4.78, 5) is 23.1. The number of hydrazine groups is 1. The first-order valence-electron chi connectivity index (χ1n) is 5.66. The van der Waals surface area contributed by atoms with Gasteiger partial charge in [-0.1, -0.05) is 36.4 Å². The Kier molecular flexibility index (Phi) is 3.74. The fraction of sp³-hybridized carbons (Fsp3) is 0.0714. The highest BCUT2D eigenvalue weighted by Crippen LogP contribution is 2.17. The van der Waals surface area contributed by atoms with Crippen LogP contribution in [0.15, 0.2) is 42.5 Å². The van der Waals surface area contributed by atoms with Gasteiger partial charge in [0.25, 0.3) is 11.8 Å². The van der Waals surface area contributed by atoms with Crippen LogP contribution in [0.3, 0.4) is 0 Å². The summed E-state index contributed by atoms with van der Waals surface area (Å²) in [6, 6.07) is 14.5. The highest BCUT2D eigenvalue weighted by atomic mass is 16.2. The number of hydrogen-bond donors (Lipinski definition) is 2. The third-order valence-electron chi connectivity index (χ3n) is 2.59. The van der Waals surface area contributed by atoms with Gasteiger partial charge in [-0.25, -0.2) is 0 Å². The summed E-state index contributed by atoms with van der Waals surface area (Å²) < 4.78 is 0. The first kappa shape index (κ1) is 12.6. The number of benzene rings is 2. The zero-order valence-corrected chi connectivity index (χ0v) is 10.0. The molecule has 0 fully saturated rings. The number of carbonyl (C=O) groups is 2. The van der Waals surface area contributed by atoms with Crippen LogP contribution in [0.25, 0.3) is 10.8 Å². The summed E-state index contributed by atoms with van der Waals surface area (Å²) in [6.45, 7) is 0. The highest BCUT2D eigenvalue weighted by Gasteiger charge is 2.10. The van der Waals surface area contributed by atoms with Gasteiger partial charge in [-0.2, -0.15) is 5.26 Å². The zero-order valence-electron chi connectivity index (χ0n) is 10.0. The molecule has 94 valence electrons. The van der Waals surface area contributed by atoms with E-state index in [1.165, 1.54) is 0 Å². The van der Waals surface area contributed by atoms with Crippen LogP contribution < -0.4 is 10.9 Å². The molecule has 2 aromatic rings. The van der Waals surface area contributed by atoms with Crippen molar-refractivity contribution in [3.63, 3.8) is 0 Å². The lowest BCUT2D eigenvalue weighted by Gasteiger charge is -2.08. The van der Waals surface area contributed by atoms with E-state index in [-0.39, 0.29) is 6.42 Å². The van der Waals surface area contributed by atoms with Gasteiger partial charge in [0, 0.05) is 5.56 Å². The van der Waals surface area contributed by atoms with Gasteiger partial charge in [-0.3, -0.25) is 20.4 Å². The normalized spacial score (nSPS) is 9.63. The van der Waals surface area contributed by atoms with E-state index in [1.54, 1.807) is 18.2 Å². The van der Waals surface area contributed by atoms with E-state index >= 15 is 0 Å². The lowest BCUT2D eigenvalue weighted by Crippen LogP contribution is -2.41. The average molecular weight is 253 g/mol. The molecule has 2 N–H and O–H groups in total. The summed E-state index contributed by atoms with van der Waals surface area (Å²) in [6.07, 6.45) is -0.296. The number of nitrogens with zero attached hydrogens (tertiary/aromatic N) is 1. The molecule has 2 rings (SSSR count). The fourth-order valence-electron chi connectivity index (χ4n) is 1.73. The monoisotopic (exact) mass is 253 g/mol. The van der Waals surface area contributed by atoms with E-state index in [9.17, 15) is 9.59 Å². The first-order chi connectivity index (χ1) is 9.22. The third-order valence-corrected chi connectivity index (χ3v) is 2.59. The fourth-order valence-corrected chi connectivity index (χ4v) is 1.73. The van der Waals surface area contributed by atoms with Crippen molar-refractivity contribution in [3.8, 4) is 6.07 Å². The topological polar surface area (TPSA) is 82.0 Å². The first-order valence-corrected chi connectivity index (χ1v) is 5.66. The summed E-state index contributed by atoms with van der Waals surface area (Å²) in [5, 5.41) is 10.1. The second kappa shape index (κ2) is 5.65. The molecule has 2 amide bonds. The van der Waals surface area contributed by atoms with Crippen LogP contribution >= 0.6 is 0 Å². The standard InChI is InChI=1S/C14H11N3O2/c15-9-8-13(18)16-17-14(19)12-7-3-5-10-4-1-2-6-11(10)12/h1-7H,8H2,(H,16,18)(H,17,19). The predicted octanol–water partition coefficient (Wildman–Crippen LogP) is 1.51. The number of amides is 2. The number of fused-ring (bicyclic) bond motifs is 1. The van der Waals surface area contributed by atoms with E-state index in [0.29, 0.717) is 5.56 Å². The van der Waals surface area contributed by atoms with Gasteiger partial charge < -0.3 is 0 Å². The molecule has 0 saturated carbocycles. The molecule has 2 aromatic carbocycles. The SMILES string of the molecule is N#CCC(=O)NNC(=O)c1cccc2ccccc12. The van der Waals surface area contributed by atoms with Gasteiger partial charge in [0.2, 0.25) is 0 Å². The molecule has 0 aliphatic heterocycles. The number of nitriles is 1. The third kappa shape index (κ3) is 2.87. The molecule has 0 aliphatic rings. The Morgan fingerprint density at radius 2 is 1.79 bits per heavy atom. The minimum Gasteiger partial charge on any atom is -0.272 e. The summed E-state index contributed by atoms with van der Waals surface area (Å²) in [7, 11) is 0. The Morgan fingerprint density at radius 1 is 1.05 bits per heavy atom. The van der Waals surface area contributed by atoms with Crippen LogP contribution in [0.2, 0.25) is 0 Å². The van der Waals surface area contributed by atoms with E-state index in [0.717, 1.165) is 10.8 Å². The molecular formula is C14H11N3O2. The maximum Gasteiger partial charge on any atom is 0.270 e. The Morgan fingerprint density at radius 3 is 2.58 bits per heavy atom. The molecule has 0 spiro atoms. The van der Waals surface area contributed by atoms with Gasteiger partial charge in [0.1, 0.15) is 6.42 Å². The van der Waals surface area contributed by atoms with Crippen molar-refractivity contribution in [1.82, 2.24) is 10.9 Å². The van der Waals surface area contributed by atoms with Crippen molar-refractivity contribution in [2.45, 2.75) is 6.42 Å². The van der Waals surface area contributed by atoms with Crippen LogP contribution in [0, 0.1) is 11.3 Å². The molecule has 5 heteroatoms. The molecule has 0 bridgehead atoms. The van der Waals surface area contributed by atoms with Crippen molar-refractivity contribution >= 4 is 22.6 Å². The molecule has 0 heterocycles. The zero-order chi connectivity index (χ0) is 13.7. The maximum atomic E-state index is 12.0. The average Bonchev–Trinajstić information content (AvgIpc) is 2.44. The van der Waals surface area contributed by atoms with Crippen LogP contribution in [0.4, 0.5) is 0 Å². The van der Waals surface area contributed by atoms with Gasteiger partial charge in [0.15, 0.2) is 0 Å². The van der Waals surface area contributed by atoms with E-state index in [2.05, 4.69) is 10.9 Å². The smallest absolute Gasteiger partial charge is 0.270 e. The number of rotatable bonds is 2. The van der Waals surface area contributed by atoms with E-state index < -0.39 is 11.8 Å². The Balaban J connectivity index is 2.18. The van der Waals surface area contributed by atoms with E-state index in [1.807, 2.05) is 30.3 Å². The number of hydrogen-bond acceptors (Lipinski definition) is 3. The molecule has 5 nitrogen and oxygen atoms in total. The second-order valence-corrected chi connectivity index (χ2v) is 3.86. The molecule has 0 aromatic heterocycles. The van der Waals surface area contributed by atoms with Crippen LogP contribution in [-0.4, -0.2) is 11.8 Å². The molecular weight excluding hydrogens is 242 g/mol. The van der Waals surface area contributed by atoms with Gasteiger partial charge in [-0.05, 0) is 16.8 Å². The van der Waals surface area contributed by atoms with Gasteiger partial charge in [-0.15, -0.1) is 0 Å². The molecule has 0 saturated heterocycles. The van der Waals surface area contributed by atoms with Crippen molar-refractivity contribution < 1.29 is 9.59 Å². The Bertz CT molecular complexity index is 668. The van der Waals surface area contributed by atoms with E-state index in [4.69, 9.17) is 5.26 Å². The molecule has 0 aliphatic carbocycles. The lowest BCUT2D eigenvalue weighted by molar-refractivity contribution is -0.120.